The van der Waals surface area contributed by atoms with Crippen LogP contribution in [0, 0.1) is 0 Å². The van der Waals surface area contributed by atoms with Crippen LogP contribution >= 0.6 is 0 Å². The van der Waals surface area contributed by atoms with E-state index in [0.717, 1.165) is 31.2 Å². The molecule has 0 aliphatic heterocycles. The Kier molecular flexibility index (Phi) is 6.47. The molecule has 0 heterocycles. The highest BCUT2D eigenvalue weighted by Gasteiger charge is 2.32. The molecule has 1 atom stereocenters. The predicted octanol–water partition coefficient (Wildman–Crippen LogP) is 3.87. The molecular formula is C29H29N3O3. The molecule has 0 saturated heterocycles. The van der Waals surface area contributed by atoms with Crippen LogP contribution < -0.4 is 16.4 Å². The molecule has 3 aromatic carbocycles. The largest absolute Gasteiger partial charge is 0.382 e. The van der Waals surface area contributed by atoms with E-state index in [4.69, 9.17) is 5.73 Å². The van der Waals surface area contributed by atoms with Crippen molar-refractivity contribution < 1.29 is 14.4 Å². The maximum atomic E-state index is 13.2. The smallest absolute Gasteiger partial charge is 0.237 e. The van der Waals surface area contributed by atoms with E-state index in [2.05, 4.69) is 10.6 Å². The topological polar surface area (TPSA) is 101 Å². The summed E-state index contributed by atoms with van der Waals surface area (Å²) < 4.78 is 0. The molecule has 5 rings (SSSR count). The quantitative estimate of drug-likeness (QED) is 0.400. The fourth-order valence-corrected chi connectivity index (χ4v) is 5.14. The molecule has 1 saturated carbocycles. The minimum absolute atomic E-state index is 0.0853. The third-order valence-electron chi connectivity index (χ3n) is 7.02. The Morgan fingerprint density at radius 3 is 2.09 bits per heavy atom. The number of rotatable bonds is 6. The highest BCUT2D eigenvalue weighted by atomic mass is 16.2. The van der Waals surface area contributed by atoms with Crippen LogP contribution in [0.3, 0.4) is 0 Å². The van der Waals surface area contributed by atoms with Crippen LogP contribution in [0.25, 0.3) is 0 Å². The number of anilines is 1. The van der Waals surface area contributed by atoms with Gasteiger partial charge in [0.2, 0.25) is 5.91 Å². The summed E-state index contributed by atoms with van der Waals surface area (Å²) in [5, 5.41) is 6.62. The van der Waals surface area contributed by atoms with Gasteiger partial charge in [0, 0.05) is 34.5 Å². The molecule has 1 fully saturated rings. The van der Waals surface area contributed by atoms with E-state index < -0.39 is 6.04 Å². The summed E-state index contributed by atoms with van der Waals surface area (Å²) in [7, 11) is 0. The summed E-state index contributed by atoms with van der Waals surface area (Å²) >= 11 is 0. The molecule has 0 unspecified atom stereocenters. The van der Waals surface area contributed by atoms with Crippen molar-refractivity contribution in [2.75, 3.05) is 5.32 Å². The number of benzene rings is 3. The second kappa shape index (κ2) is 9.84. The number of amides is 1. The average Bonchev–Trinajstić information content (AvgIpc) is 2.89. The number of carbonyl (C=O) groups excluding carboxylic acids is 3. The summed E-state index contributed by atoms with van der Waals surface area (Å²) in [5.74, 6) is -0.353. The number of nitrogens with one attached hydrogen (secondary N) is 2. The van der Waals surface area contributed by atoms with Crippen molar-refractivity contribution in [1.82, 2.24) is 5.32 Å². The monoisotopic (exact) mass is 467 g/mol. The molecule has 3 aromatic rings. The fraction of sp³-hybridized carbons (Fsp3) is 0.276. The molecule has 6 nitrogen and oxygen atoms in total. The van der Waals surface area contributed by atoms with E-state index in [1.54, 1.807) is 30.3 Å². The third-order valence-corrected chi connectivity index (χ3v) is 7.02. The summed E-state index contributed by atoms with van der Waals surface area (Å²) in [5.41, 5.74) is 9.71. The van der Waals surface area contributed by atoms with Gasteiger partial charge in [0.15, 0.2) is 11.6 Å². The molecule has 4 N–H and O–H groups in total. The maximum absolute atomic E-state index is 13.2. The van der Waals surface area contributed by atoms with Crippen molar-refractivity contribution in [3.63, 3.8) is 0 Å². The molecule has 178 valence electrons. The Morgan fingerprint density at radius 1 is 0.771 bits per heavy atom. The number of hydrogen-bond acceptors (Lipinski definition) is 5. The first kappa shape index (κ1) is 23.0. The molecule has 0 aromatic heterocycles. The highest BCUT2D eigenvalue weighted by Crippen LogP contribution is 2.33. The summed E-state index contributed by atoms with van der Waals surface area (Å²) in [6.45, 7) is 0. The van der Waals surface area contributed by atoms with Gasteiger partial charge in [-0.3, -0.25) is 14.4 Å². The van der Waals surface area contributed by atoms with Gasteiger partial charge < -0.3 is 16.4 Å². The first-order chi connectivity index (χ1) is 17.0. The molecule has 1 amide bonds. The van der Waals surface area contributed by atoms with Gasteiger partial charge in [-0.1, -0.05) is 66.7 Å². The van der Waals surface area contributed by atoms with E-state index in [1.807, 2.05) is 42.5 Å². The average molecular weight is 468 g/mol. The molecular weight excluding hydrogens is 438 g/mol. The second-order valence-electron chi connectivity index (χ2n) is 9.43. The zero-order valence-corrected chi connectivity index (χ0v) is 19.5. The molecule has 0 bridgehead atoms. The minimum atomic E-state index is -0.574. The molecule has 2 aliphatic rings. The number of hydrogen-bond donors (Lipinski definition) is 3. The first-order valence-corrected chi connectivity index (χ1v) is 12.2. The normalized spacial score (nSPS) is 19.9. The third kappa shape index (κ3) is 4.75. The van der Waals surface area contributed by atoms with Crippen LogP contribution in [-0.4, -0.2) is 35.6 Å². The van der Waals surface area contributed by atoms with Crippen LogP contribution in [0.1, 0.15) is 63.1 Å². The molecule has 2 aliphatic carbocycles. The molecule has 0 spiro atoms. The van der Waals surface area contributed by atoms with Gasteiger partial charge >= 0.3 is 0 Å². The lowest BCUT2D eigenvalue weighted by Crippen LogP contribution is -2.48. The van der Waals surface area contributed by atoms with Crippen LogP contribution in [0.4, 0.5) is 5.69 Å². The fourth-order valence-electron chi connectivity index (χ4n) is 5.14. The van der Waals surface area contributed by atoms with Crippen LogP contribution in [0.15, 0.2) is 72.8 Å². The Bertz CT molecular complexity index is 1260. The van der Waals surface area contributed by atoms with E-state index in [0.29, 0.717) is 34.4 Å². The molecule has 35 heavy (non-hydrogen) atoms. The zero-order chi connectivity index (χ0) is 24.4. The van der Waals surface area contributed by atoms with Crippen LogP contribution in [-0.2, 0) is 11.2 Å². The van der Waals surface area contributed by atoms with Gasteiger partial charge in [-0.25, -0.2) is 0 Å². The van der Waals surface area contributed by atoms with Crippen LogP contribution in [0.5, 0.6) is 0 Å². The maximum Gasteiger partial charge on any atom is 0.237 e. The standard InChI is InChI=1S/C29H29N3O3/c30-24(17-18-7-2-1-3-8-18)29(35)32-20-15-13-19(14-16-20)31-25-12-6-11-23-26(25)28(34)22-10-5-4-9-21(22)27(23)33/h1-12,19-20,24,31H,13-17,30H2,(H,32,35)/t19?,20?,24-/m0/s1. The Hall–Kier alpha value is -3.77. The number of carbonyl (C=O) groups is 3. The van der Waals surface area contributed by atoms with E-state index >= 15 is 0 Å². The van der Waals surface area contributed by atoms with Gasteiger partial charge in [-0.15, -0.1) is 0 Å². The van der Waals surface area contributed by atoms with Crippen molar-refractivity contribution in [3.8, 4) is 0 Å². The van der Waals surface area contributed by atoms with Gasteiger partial charge in [0.1, 0.15) is 0 Å². The lowest BCUT2D eigenvalue weighted by Gasteiger charge is -2.32. The van der Waals surface area contributed by atoms with Crippen LogP contribution in [0.2, 0.25) is 0 Å². The van der Waals surface area contributed by atoms with Crippen molar-refractivity contribution in [2.45, 2.75) is 50.2 Å². The Morgan fingerprint density at radius 2 is 1.37 bits per heavy atom. The zero-order valence-electron chi connectivity index (χ0n) is 19.5. The Balaban J connectivity index is 1.20. The highest BCUT2D eigenvalue weighted by molar-refractivity contribution is 6.30. The second-order valence-corrected chi connectivity index (χ2v) is 9.43. The minimum Gasteiger partial charge on any atom is -0.382 e. The van der Waals surface area contributed by atoms with Crippen molar-refractivity contribution in [1.29, 1.82) is 0 Å². The predicted molar refractivity (Wildman–Crippen MR) is 136 cm³/mol. The summed E-state index contributed by atoms with van der Waals surface area (Å²) in [6, 6.07) is 21.9. The van der Waals surface area contributed by atoms with Crippen molar-refractivity contribution in [3.05, 3.63) is 101 Å². The lowest BCUT2D eigenvalue weighted by atomic mass is 9.83. The van der Waals surface area contributed by atoms with E-state index in [9.17, 15) is 14.4 Å². The number of fused-ring (bicyclic) bond motifs is 2. The Labute approximate surface area is 204 Å². The number of ketones is 2. The lowest BCUT2D eigenvalue weighted by molar-refractivity contribution is -0.123. The van der Waals surface area contributed by atoms with Gasteiger partial charge in [0.05, 0.1) is 11.6 Å². The van der Waals surface area contributed by atoms with Gasteiger partial charge in [-0.05, 0) is 43.7 Å². The number of nitrogens with two attached hydrogens (primary N) is 1. The molecule has 6 heteroatoms. The van der Waals surface area contributed by atoms with Crippen molar-refractivity contribution >= 4 is 23.2 Å². The molecule has 0 radical (unpaired) electrons. The first-order valence-electron chi connectivity index (χ1n) is 12.2. The summed E-state index contributed by atoms with van der Waals surface area (Å²) in [6.07, 6.45) is 3.86. The van der Waals surface area contributed by atoms with Gasteiger partial charge in [-0.2, -0.15) is 0 Å². The van der Waals surface area contributed by atoms with E-state index in [-0.39, 0.29) is 29.6 Å². The van der Waals surface area contributed by atoms with E-state index in [1.165, 1.54) is 0 Å². The van der Waals surface area contributed by atoms with Crippen molar-refractivity contribution in [2.24, 2.45) is 5.73 Å². The SMILES string of the molecule is N[C@@H](Cc1ccccc1)C(=O)NC1CCC(Nc2cccc3c2C(=O)c2ccccc2C3=O)CC1. The van der Waals surface area contributed by atoms with Gasteiger partial charge in [0.25, 0.3) is 0 Å². The summed E-state index contributed by atoms with van der Waals surface area (Å²) in [4.78, 5) is 38.8.